The molecule has 0 aliphatic carbocycles. The number of nitrogens with one attached hydrogen (secondary N) is 1. The van der Waals surface area contributed by atoms with Crippen LogP contribution in [-0.2, 0) is 11.3 Å². The molecule has 0 radical (unpaired) electrons. The Morgan fingerprint density at radius 2 is 1.96 bits per heavy atom. The second-order valence-corrected chi connectivity index (χ2v) is 7.31. The van der Waals surface area contributed by atoms with Crippen molar-refractivity contribution in [3.8, 4) is 11.5 Å². The molecule has 0 saturated carbocycles. The number of piperidine rings is 1. The zero-order valence-electron chi connectivity index (χ0n) is 15.3. The number of benzene rings is 1. The van der Waals surface area contributed by atoms with Gasteiger partial charge in [-0.2, -0.15) is 0 Å². The normalized spacial score (nSPS) is 16.7. The first-order valence-electron chi connectivity index (χ1n) is 9.29. The molecule has 7 nitrogen and oxygen atoms in total. The molecule has 4 rings (SSSR count). The van der Waals surface area contributed by atoms with Crippen LogP contribution in [-0.4, -0.2) is 43.0 Å². The number of rotatable bonds is 4. The number of hydrogen-bond acceptors (Lipinski definition) is 5. The van der Waals surface area contributed by atoms with Gasteiger partial charge in [-0.25, -0.2) is 0 Å². The summed E-state index contributed by atoms with van der Waals surface area (Å²) in [5.41, 5.74) is 1.40. The summed E-state index contributed by atoms with van der Waals surface area (Å²) >= 11 is 6.24. The van der Waals surface area contributed by atoms with E-state index in [9.17, 15) is 9.59 Å². The second kappa shape index (κ2) is 8.14. The third kappa shape index (κ3) is 3.94. The van der Waals surface area contributed by atoms with Crippen LogP contribution in [0.15, 0.2) is 35.1 Å². The van der Waals surface area contributed by atoms with Gasteiger partial charge in [-0.1, -0.05) is 11.6 Å². The van der Waals surface area contributed by atoms with Gasteiger partial charge in [0, 0.05) is 25.6 Å². The van der Waals surface area contributed by atoms with E-state index < -0.39 is 0 Å². The lowest BCUT2D eigenvalue weighted by Crippen LogP contribution is -2.42. The zero-order chi connectivity index (χ0) is 19.5. The van der Waals surface area contributed by atoms with Gasteiger partial charge >= 0.3 is 0 Å². The number of amides is 2. The van der Waals surface area contributed by atoms with Gasteiger partial charge in [0.1, 0.15) is 19.5 Å². The number of hydrogen-bond donors (Lipinski definition) is 1. The van der Waals surface area contributed by atoms with Crippen LogP contribution in [0, 0.1) is 5.92 Å². The summed E-state index contributed by atoms with van der Waals surface area (Å²) in [7, 11) is 0. The fraction of sp³-hybridized carbons (Fsp3) is 0.400. The van der Waals surface area contributed by atoms with E-state index in [1.165, 1.54) is 12.5 Å². The first-order valence-corrected chi connectivity index (χ1v) is 9.67. The van der Waals surface area contributed by atoms with Gasteiger partial charge in [0.15, 0.2) is 11.5 Å². The molecule has 0 spiro atoms. The summed E-state index contributed by atoms with van der Waals surface area (Å²) in [6, 6.07) is 5.27. The number of carbonyl (C=O) groups excluding carboxylic acids is 2. The van der Waals surface area contributed by atoms with Crippen molar-refractivity contribution in [3.63, 3.8) is 0 Å². The Balaban J connectivity index is 1.29. The van der Waals surface area contributed by atoms with Gasteiger partial charge in [0.05, 0.1) is 16.8 Å². The standard InChI is InChI=1S/C20H21ClN2O5/c21-16-9-13(10-17-18(16)28-8-7-27-17)11-22-19(24)14-1-4-23(5-2-14)20(25)15-3-6-26-12-15/h3,6,9-10,12,14H,1-2,4-5,7-8,11H2,(H,22,24). The zero-order valence-corrected chi connectivity index (χ0v) is 16.0. The lowest BCUT2D eigenvalue weighted by Gasteiger charge is -2.31. The lowest BCUT2D eigenvalue weighted by atomic mass is 9.95. The third-order valence-corrected chi connectivity index (χ3v) is 5.33. The molecule has 0 bridgehead atoms. The van der Waals surface area contributed by atoms with Crippen LogP contribution in [0.1, 0.15) is 28.8 Å². The fourth-order valence-corrected chi connectivity index (χ4v) is 3.80. The molecule has 1 fully saturated rings. The molecule has 2 aromatic rings. The van der Waals surface area contributed by atoms with Crippen LogP contribution in [0.2, 0.25) is 5.02 Å². The highest BCUT2D eigenvalue weighted by atomic mass is 35.5. The van der Waals surface area contributed by atoms with Gasteiger partial charge in [-0.05, 0) is 36.6 Å². The Kier molecular flexibility index (Phi) is 5.43. The van der Waals surface area contributed by atoms with Crippen molar-refractivity contribution < 1.29 is 23.5 Å². The Hall–Kier alpha value is -2.67. The van der Waals surface area contributed by atoms with Crippen molar-refractivity contribution in [1.29, 1.82) is 0 Å². The molecule has 1 saturated heterocycles. The predicted octanol–water partition coefficient (Wildman–Crippen LogP) is 2.87. The van der Waals surface area contributed by atoms with Gasteiger partial charge in [-0.3, -0.25) is 9.59 Å². The quantitative estimate of drug-likeness (QED) is 0.847. The summed E-state index contributed by atoms with van der Waals surface area (Å²) in [6.07, 6.45) is 4.20. The SMILES string of the molecule is O=C(NCc1cc(Cl)c2c(c1)OCCO2)C1CCN(C(=O)c2ccoc2)CC1. The van der Waals surface area contributed by atoms with Gasteiger partial charge in [0.25, 0.3) is 5.91 Å². The molecule has 148 valence electrons. The maximum Gasteiger partial charge on any atom is 0.257 e. The fourth-order valence-electron chi connectivity index (χ4n) is 3.51. The lowest BCUT2D eigenvalue weighted by molar-refractivity contribution is -0.126. The van der Waals surface area contributed by atoms with E-state index in [1.807, 2.05) is 6.07 Å². The number of halogens is 1. The predicted molar refractivity (Wildman–Crippen MR) is 102 cm³/mol. The molecule has 2 aliphatic rings. The Labute approximate surface area is 167 Å². The van der Waals surface area contributed by atoms with Crippen molar-refractivity contribution in [1.82, 2.24) is 10.2 Å². The summed E-state index contributed by atoms with van der Waals surface area (Å²) in [4.78, 5) is 26.6. The van der Waals surface area contributed by atoms with Crippen LogP contribution in [0.25, 0.3) is 0 Å². The molecule has 2 aliphatic heterocycles. The van der Waals surface area contributed by atoms with E-state index in [0.717, 1.165) is 5.56 Å². The minimum atomic E-state index is -0.110. The monoisotopic (exact) mass is 404 g/mol. The maximum absolute atomic E-state index is 12.5. The van der Waals surface area contributed by atoms with Crippen molar-refractivity contribution in [2.45, 2.75) is 19.4 Å². The number of likely N-dealkylation sites (tertiary alicyclic amines) is 1. The van der Waals surface area contributed by atoms with E-state index in [1.54, 1.807) is 17.0 Å². The minimum absolute atomic E-state index is 0.0126. The largest absolute Gasteiger partial charge is 0.486 e. The highest BCUT2D eigenvalue weighted by Gasteiger charge is 2.28. The topological polar surface area (TPSA) is 81.0 Å². The number of nitrogens with zero attached hydrogens (tertiary/aromatic N) is 1. The van der Waals surface area contributed by atoms with Crippen LogP contribution in [0.5, 0.6) is 11.5 Å². The van der Waals surface area contributed by atoms with E-state index >= 15 is 0 Å². The molecule has 28 heavy (non-hydrogen) atoms. The average Bonchev–Trinajstić information content (AvgIpc) is 3.26. The molecule has 8 heteroatoms. The molecular weight excluding hydrogens is 384 g/mol. The Morgan fingerprint density at radius 1 is 1.18 bits per heavy atom. The summed E-state index contributed by atoms with van der Waals surface area (Å²) in [6.45, 7) is 2.43. The molecule has 1 aromatic heterocycles. The molecule has 1 aromatic carbocycles. The number of carbonyl (C=O) groups is 2. The van der Waals surface area contributed by atoms with E-state index in [4.69, 9.17) is 25.5 Å². The van der Waals surface area contributed by atoms with E-state index in [-0.39, 0.29) is 17.7 Å². The van der Waals surface area contributed by atoms with E-state index in [0.29, 0.717) is 67.8 Å². The van der Waals surface area contributed by atoms with Crippen LogP contribution in [0.3, 0.4) is 0 Å². The smallest absolute Gasteiger partial charge is 0.257 e. The third-order valence-electron chi connectivity index (χ3n) is 5.04. The average molecular weight is 405 g/mol. The molecule has 0 unspecified atom stereocenters. The highest BCUT2D eigenvalue weighted by molar-refractivity contribution is 6.32. The van der Waals surface area contributed by atoms with Crippen molar-refractivity contribution >= 4 is 23.4 Å². The number of fused-ring (bicyclic) bond motifs is 1. The maximum atomic E-state index is 12.5. The van der Waals surface area contributed by atoms with Crippen molar-refractivity contribution in [3.05, 3.63) is 46.9 Å². The summed E-state index contributed by atoms with van der Waals surface area (Å²) in [5.74, 6) is 0.979. The van der Waals surface area contributed by atoms with Crippen LogP contribution >= 0.6 is 11.6 Å². The van der Waals surface area contributed by atoms with Gasteiger partial charge < -0.3 is 24.1 Å². The Bertz CT molecular complexity index is 860. The first kappa shape index (κ1) is 18.7. The molecular formula is C20H21ClN2O5. The van der Waals surface area contributed by atoms with Crippen molar-refractivity contribution in [2.75, 3.05) is 26.3 Å². The van der Waals surface area contributed by atoms with Crippen LogP contribution < -0.4 is 14.8 Å². The van der Waals surface area contributed by atoms with Crippen molar-refractivity contribution in [2.24, 2.45) is 5.92 Å². The number of furan rings is 1. The van der Waals surface area contributed by atoms with E-state index in [2.05, 4.69) is 5.32 Å². The molecule has 1 N–H and O–H groups in total. The molecule has 0 atom stereocenters. The van der Waals surface area contributed by atoms with Crippen LogP contribution in [0.4, 0.5) is 0 Å². The summed E-state index contributed by atoms with van der Waals surface area (Å²) < 4.78 is 16.0. The number of ether oxygens (including phenoxy) is 2. The minimum Gasteiger partial charge on any atom is -0.486 e. The highest BCUT2D eigenvalue weighted by Crippen LogP contribution is 2.38. The molecule has 3 heterocycles. The summed E-state index contributed by atoms with van der Waals surface area (Å²) in [5, 5.41) is 3.44. The molecule has 2 amide bonds. The van der Waals surface area contributed by atoms with Gasteiger partial charge in [0.2, 0.25) is 5.91 Å². The second-order valence-electron chi connectivity index (χ2n) is 6.90. The van der Waals surface area contributed by atoms with Gasteiger partial charge in [-0.15, -0.1) is 0 Å². The first-order chi connectivity index (χ1) is 13.6. The Morgan fingerprint density at radius 3 is 2.71 bits per heavy atom.